The summed E-state index contributed by atoms with van der Waals surface area (Å²) in [7, 11) is 0. The summed E-state index contributed by atoms with van der Waals surface area (Å²) in [5.41, 5.74) is 7.13. The van der Waals surface area contributed by atoms with Gasteiger partial charge in [0.05, 0.1) is 0 Å². The summed E-state index contributed by atoms with van der Waals surface area (Å²) < 4.78 is 1.08. The fraction of sp³-hybridized carbons (Fsp3) is 0.538. The van der Waals surface area contributed by atoms with Crippen molar-refractivity contribution in [3.8, 4) is 0 Å². The van der Waals surface area contributed by atoms with Crippen molar-refractivity contribution in [3.63, 3.8) is 0 Å². The smallest absolute Gasteiger partial charge is 0.0451 e. The number of hydrogen-bond donors (Lipinski definition) is 1. The zero-order valence-corrected chi connectivity index (χ0v) is 12.3. The number of halogens is 2. The van der Waals surface area contributed by atoms with Crippen molar-refractivity contribution in [2.45, 2.75) is 25.9 Å². The molecule has 17 heavy (non-hydrogen) atoms. The molecule has 1 aliphatic heterocycles. The highest BCUT2D eigenvalue weighted by atomic mass is 79.9. The minimum atomic E-state index is 0.290. The van der Waals surface area contributed by atoms with Crippen molar-refractivity contribution in [2.24, 2.45) is 11.7 Å². The van der Waals surface area contributed by atoms with E-state index in [-0.39, 0.29) is 6.04 Å². The Labute approximate surface area is 116 Å². The van der Waals surface area contributed by atoms with E-state index in [0.29, 0.717) is 5.92 Å². The van der Waals surface area contributed by atoms with Crippen LogP contribution < -0.4 is 5.73 Å². The molecule has 0 bridgehead atoms. The molecular formula is C13H18BrClN2. The fourth-order valence-corrected chi connectivity index (χ4v) is 2.93. The predicted octanol–water partition coefficient (Wildman–Crippen LogP) is 3.27. The minimum absolute atomic E-state index is 0.290. The van der Waals surface area contributed by atoms with Crippen LogP contribution in [-0.4, -0.2) is 24.0 Å². The van der Waals surface area contributed by atoms with Crippen molar-refractivity contribution in [3.05, 3.63) is 33.3 Å². The van der Waals surface area contributed by atoms with E-state index in [4.69, 9.17) is 17.3 Å². The molecule has 0 aromatic heterocycles. The number of likely N-dealkylation sites (tertiary alicyclic amines) is 1. The molecule has 2 nitrogen and oxygen atoms in total. The van der Waals surface area contributed by atoms with Gasteiger partial charge in [0.2, 0.25) is 0 Å². The van der Waals surface area contributed by atoms with Crippen LogP contribution in [0.1, 0.15) is 18.9 Å². The van der Waals surface area contributed by atoms with Crippen LogP contribution in [0, 0.1) is 5.92 Å². The molecule has 1 aromatic carbocycles. The molecule has 0 spiro atoms. The Morgan fingerprint density at radius 2 is 2.35 bits per heavy atom. The summed E-state index contributed by atoms with van der Waals surface area (Å²) in [6, 6.07) is 6.31. The lowest BCUT2D eigenvalue weighted by molar-refractivity contribution is 0.308. The van der Waals surface area contributed by atoms with Crippen molar-refractivity contribution in [1.29, 1.82) is 0 Å². The molecule has 1 saturated heterocycles. The molecule has 1 aromatic rings. The fourth-order valence-electron chi connectivity index (χ4n) is 2.34. The average Bonchev–Trinajstić information content (AvgIpc) is 2.72. The molecule has 2 atom stereocenters. The van der Waals surface area contributed by atoms with E-state index in [0.717, 1.165) is 29.1 Å². The lowest BCUT2D eigenvalue weighted by atomic mass is 10.0. The van der Waals surface area contributed by atoms with Crippen LogP contribution in [0.4, 0.5) is 0 Å². The van der Waals surface area contributed by atoms with Crippen molar-refractivity contribution < 1.29 is 0 Å². The summed E-state index contributed by atoms with van der Waals surface area (Å²) in [5.74, 6) is 0.626. The van der Waals surface area contributed by atoms with Gasteiger partial charge in [-0.25, -0.2) is 0 Å². The van der Waals surface area contributed by atoms with Gasteiger partial charge >= 0.3 is 0 Å². The molecule has 1 fully saturated rings. The minimum Gasteiger partial charge on any atom is -0.328 e. The second-order valence-electron chi connectivity index (χ2n) is 4.88. The van der Waals surface area contributed by atoms with E-state index in [2.05, 4.69) is 33.8 Å². The summed E-state index contributed by atoms with van der Waals surface area (Å²) in [6.45, 7) is 5.22. The van der Waals surface area contributed by atoms with Crippen molar-refractivity contribution in [2.75, 3.05) is 13.1 Å². The topological polar surface area (TPSA) is 29.3 Å². The van der Waals surface area contributed by atoms with Crippen LogP contribution >= 0.6 is 27.5 Å². The zero-order valence-electron chi connectivity index (χ0n) is 10.00. The summed E-state index contributed by atoms with van der Waals surface area (Å²) in [6.07, 6.45) is 1.20. The van der Waals surface area contributed by atoms with E-state index < -0.39 is 0 Å². The number of hydrogen-bond acceptors (Lipinski definition) is 2. The van der Waals surface area contributed by atoms with Gasteiger partial charge in [-0.1, -0.05) is 27.5 Å². The Hall–Kier alpha value is -0.0900. The highest BCUT2D eigenvalue weighted by Gasteiger charge is 2.25. The normalized spacial score (nSPS) is 22.9. The van der Waals surface area contributed by atoms with Gasteiger partial charge in [0.15, 0.2) is 0 Å². The first-order valence-electron chi connectivity index (χ1n) is 5.98. The molecule has 1 heterocycles. The van der Waals surface area contributed by atoms with Crippen LogP contribution in [0.5, 0.6) is 0 Å². The van der Waals surface area contributed by atoms with Gasteiger partial charge in [0, 0.05) is 28.6 Å². The Morgan fingerprint density at radius 1 is 1.59 bits per heavy atom. The number of benzene rings is 1. The molecule has 0 radical (unpaired) electrons. The largest absolute Gasteiger partial charge is 0.328 e. The molecule has 0 aliphatic carbocycles. The quantitative estimate of drug-likeness (QED) is 0.927. The average molecular weight is 318 g/mol. The Bertz CT molecular complexity index is 395. The van der Waals surface area contributed by atoms with Gasteiger partial charge in [-0.3, -0.25) is 4.90 Å². The zero-order chi connectivity index (χ0) is 12.4. The van der Waals surface area contributed by atoms with Gasteiger partial charge in [0.1, 0.15) is 0 Å². The maximum absolute atomic E-state index is 6.20. The summed E-state index contributed by atoms with van der Waals surface area (Å²) in [5, 5.41) is 0.845. The van der Waals surface area contributed by atoms with E-state index in [1.165, 1.54) is 12.0 Å². The highest BCUT2D eigenvalue weighted by Crippen LogP contribution is 2.25. The third kappa shape index (κ3) is 3.44. The van der Waals surface area contributed by atoms with Crippen LogP contribution in [0.2, 0.25) is 5.02 Å². The first kappa shape index (κ1) is 13.3. The second kappa shape index (κ2) is 5.70. The van der Waals surface area contributed by atoms with Crippen molar-refractivity contribution in [1.82, 2.24) is 4.90 Å². The lowest BCUT2D eigenvalue weighted by Gasteiger charge is -2.18. The third-order valence-electron chi connectivity index (χ3n) is 3.45. The predicted molar refractivity (Wildman–Crippen MR) is 76.2 cm³/mol. The van der Waals surface area contributed by atoms with Crippen LogP contribution in [0.3, 0.4) is 0 Å². The van der Waals surface area contributed by atoms with Gasteiger partial charge in [-0.05, 0) is 49.6 Å². The molecule has 2 unspecified atom stereocenters. The SMILES string of the molecule is CC(N)C1CCN(Cc2cc(Br)ccc2Cl)C1. The molecule has 1 aliphatic rings. The first-order chi connectivity index (χ1) is 8.06. The van der Waals surface area contributed by atoms with Gasteiger partial charge in [0.25, 0.3) is 0 Å². The molecule has 0 saturated carbocycles. The molecule has 0 amide bonds. The van der Waals surface area contributed by atoms with E-state index >= 15 is 0 Å². The van der Waals surface area contributed by atoms with E-state index in [1.54, 1.807) is 0 Å². The maximum atomic E-state index is 6.20. The molecule has 4 heteroatoms. The monoisotopic (exact) mass is 316 g/mol. The summed E-state index contributed by atoms with van der Waals surface area (Å²) in [4.78, 5) is 2.43. The number of nitrogens with zero attached hydrogens (tertiary/aromatic N) is 1. The van der Waals surface area contributed by atoms with Crippen LogP contribution in [-0.2, 0) is 6.54 Å². The number of rotatable bonds is 3. The number of nitrogens with two attached hydrogens (primary N) is 1. The molecular weight excluding hydrogens is 300 g/mol. The van der Waals surface area contributed by atoms with E-state index in [1.807, 2.05) is 12.1 Å². The molecule has 2 rings (SSSR count). The van der Waals surface area contributed by atoms with Gasteiger partial charge in [-0.15, -0.1) is 0 Å². The van der Waals surface area contributed by atoms with Gasteiger partial charge in [-0.2, -0.15) is 0 Å². The maximum Gasteiger partial charge on any atom is 0.0451 e. The summed E-state index contributed by atoms with van der Waals surface area (Å²) >= 11 is 9.69. The van der Waals surface area contributed by atoms with Crippen molar-refractivity contribution >= 4 is 27.5 Å². The first-order valence-corrected chi connectivity index (χ1v) is 7.15. The Morgan fingerprint density at radius 3 is 3.00 bits per heavy atom. The molecule has 94 valence electrons. The third-order valence-corrected chi connectivity index (χ3v) is 4.32. The van der Waals surface area contributed by atoms with E-state index in [9.17, 15) is 0 Å². The highest BCUT2D eigenvalue weighted by molar-refractivity contribution is 9.10. The lowest BCUT2D eigenvalue weighted by Crippen LogP contribution is -2.29. The van der Waals surface area contributed by atoms with Gasteiger partial charge < -0.3 is 5.73 Å². The second-order valence-corrected chi connectivity index (χ2v) is 6.20. The Kier molecular flexibility index (Phi) is 4.47. The van der Waals surface area contributed by atoms with Crippen LogP contribution in [0.15, 0.2) is 22.7 Å². The Balaban J connectivity index is 2.00. The van der Waals surface area contributed by atoms with Crippen LogP contribution in [0.25, 0.3) is 0 Å². The molecule has 2 N–H and O–H groups in total. The standard InChI is InChI=1S/C13H18BrClN2/c1-9(16)10-4-5-17(7-10)8-11-6-12(14)2-3-13(11)15/h2-3,6,9-10H,4-5,7-8,16H2,1H3.